The van der Waals surface area contributed by atoms with Gasteiger partial charge in [-0.2, -0.15) is 13.2 Å². The van der Waals surface area contributed by atoms with Crippen molar-refractivity contribution in [2.75, 3.05) is 6.54 Å². The second-order valence-corrected chi connectivity index (χ2v) is 5.77. The van der Waals surface area contributed by atoms with E-state index in [-0.39, 0.29) is 10.5 Å². The molecule has 0 fully saturated rings. The zero-order chi connectivity index (χ0) is 15.3. The van der Waals surface area contributed by atoms with E-state index in [1.165, 1.54) is 12.1 Å². The zero-order valence-electron chi connectivity index (χ0n) is 11.8. The molecule has 0 amide bonds. The molecule has 1 unspecified atom stereocenters. The van der Waals surface area contributed by atoms with Crippen LogP contribution in [0.5, 0.6) is 0 Å². The summed E-state index contributed by atoms with van der Waals surface area (Å²) in [6.45, 7) is 6.65. The molecule has 1 aromatic carbocycles. The molecule has 20 heavy (non-hydrogen) atoms. The molecule has 0 radical (unpaired) electrons. The Kier molecular flexibility index (Phi) is 6.27. The highest BCUT2D eigenvalue weighted by molar-refractivity contribution is 9.10. The molecule has 1 aromatic rings. The first-order valence-electron chi connectivity index (χ1n) is 6.50. The van der Waals surface area contributed by atoms with Crippen LogP contribution in [-0.2, 0) is 6.18 Å². The Morgan fingerprint density at radius 1 is 1.35 bits per heavy atom. The fourth-order valence-electron chi connectivity index (χ4n) is 1.86. The number of benzene rings is 1. The van der Waals surface area contributed by atoms with Crippen molar-refractivity contribution in [2.24, 2.45) is 0 Å². The Labute approximate surface area is 126 Å². The fraction of sp³-hybridized carbons (Fsp3) is 0.467. The van der Waals surface area contributed by atoms with Gasteiger partial charge < -0.3 is 5.32 Å². The molecular weight excluding hydrogens is 331 g/mol. The Morgan fingerprint density at radius 2 is 2.00 bits per heavy atom. The third-order valence-electron chi connectivity index (χ3n) is 2.77. The van der Waals surface area contributed by atoms with Crippen molar-refractivity contribution in [1.29, 1.82) is 0 Å². The molecule has 1 atom stereocenters. The van der Waals surface area contributed by atoms with Crippen LogP contribution in [-0.4, -0.2) is 6.54 Å². The largest absolute Gasteiger partial charge is 0.417 e. The van der Waals surface area contributed by atoms with Gasteiger partial charge in [-0.05, 0) is 44.5 Å². The highest BCUT2D eigenvalue weighted by Gasteiger charge is 2.33. The predicted molar refractivity (Wildman–Crippen MR) is 79.6 cm³/mol. The lowest BCUT2D eigenvalue weighted by atomic mass is 10.0. The van der Waals surface area contributed by atoms with Gasteiger partial charge >= 0.3 is 6.18 Å². The number of hydrogen-bond acceptors (Lipinski definition) is 1. The van der Waals surface area contributed by atoms with Crippen molar-refractivity contribution in [3.63, 3.8) is 0 Å². The third kappa shape index (κ3) is 4.94. The Morgan fingerprint density at radius 3 is 2.50 bits per heavy atom. The average Bonchev–Trinajstić information content (AvgIpc) is 2.33. The third-order valence-corrected chi connectivity index (χ3v) is 3.46. The van der Waals surface area contributed by atoms with Crippen molar-refractivity contribution in [2.45, 2.75) is 39.4 Å². The molecule has 0 spiro atoms. The van der Waals surface area contributed by atoms with E-state index in [2.05, 4.69) is 21.2 Å². The molecule has 0 aliphatic heterocycles. The van der Waals surface area contributed by atoms with Gasteiger partial charge in [-0.3, -0.25) is 0 Å². The lowest BCUT2D eigenvalue weighted by Gasteiger charge is -2.18. The number of hydrogen-bond donors (Lipinski definition) is 1. The molecule has 1 rings (SSSR count). The van der Waals surface area contributed by atoms with Gasteiger partial charge in [0.2, 0.25) is 0 Å². The van der Waals surface area contributed by atoms with Gasteiger partial charge in [0.15, 0.2) is 0 Å². The highest BCUT2D eigenvalue weighted by Crippen LogP contribution is 2.36. The summed E-state index contributed by atoms with van der Waals surface area (Å²) in [5.74, 6) is 0. The number of allylic oxidation sites excluding steroid dienone is 1. The first kappa shape index (κ1) is 17.2. The summed E-state index contributed by atoms with van der Waals surface area (Å²) in [4.78, 5) is 0. The van der Waals surface area contributed by atoms with Gasteiger partial charge in [0.25, 0.3) is 0 Å². The topological polar surface area (TPSA) is 12.0 Å². The van der Waals surface area contributed by atoms with Crippen LogP contribution in [0.15, 0.2) is 34.3 Å². The van der Waals surface area contributed by atoms with Crippen molar-refractivity contribution in [3.05, 3.63) is 45.4 Å². The second-order valence-electron chi connectivity index (χ2n) is 4.91. The van der Waals surface area contributed by atoms with Crippen LogP contribution in [0.2, 0.25) is 0 Å². The summed E-state index contributed by atoms with van der Waals surface area (Å²) < 4.78 is 38.9. The van der Waals surface area contributed by atoms with E-state index in [1.807, 2.05) is 26.8 Å². The summed E-state index contributed by atoms with van der Waals surface area (Å²) in [5, 5.41) is 3.26. The van der Waals surface area contributed by atoms with Crippen LogP contribution in [0.1, 0.15) is 44.4 Å². The van der Waals surface area contributed by atoms with E-state index < -0.39 is 11.7 Å². The molecule has 1 N–H and O–H groups in total. The van der Waals surface area contributed by atoms with Crippen LogP contribution in [0.25, 0.3) is 0 Å². The quantitative estimate of drug-likeness (QED) is 0.694. The minimum absolute atomic E-state index is 0.0696. The van der Waals surface area contributed by atoms with Gasteiger partial charge in [0.05, 0.1) is 11.6 Å². The fourth-order valence-corrected chi connectivity index (χ4v) is 2.33. The van der Waals surface area contributed by atoms with Crippen LogP contribution >= 0.6 is 15.9 Å². The van der Waals surface area contributed by atoms with Gasteiger partial charge in [0.1, 0.15) is 0 Å². The first-order valence-corrected chi connectivity index (χ1v) is 7.30. The first-order chi connectivity index (χ1) is 9.25. The van der Waals surface area contributed by atoms with Gasteiger partial charge in [-0.25, -0.2) is 0 Å². The van der Waals surface area contributed by atoms with Crippen LogP contribution < -0.4 is 5.32 Å². The van der Waals surface area contributed by atoms with Crippen LogP contribution in [0, 0.1) is 0 Å². The van der Waals surface area contributed by atoms with Crippen molar-refractivity contribution < 1.29 is 13.2 Å². The maximum Gasteiger partial charge on any atom is 0.417 e. The standard InChI is InChI=1S/C15H19BrF3N/c1-4-7-20-14(8-10(2)3)11-5-6-13(16)12(9-11)15(17,18)19/h5-6,8-9,14,20H,4,7H2,1-3H3. The number of halogens is 4. The maximum atomic E-state index is 12.9. The number of nitrogens with one attached hydrogen (secondary N) is 1. The van der Waals surface area contributed by atoms with Crippen molar-refractivity contribution >= 4 is 15.9 Å². The molecule has 0 heterocycles. The normalized spacial score (nSPS) is 13.2. The van der Waals surface area contributed by atoms with E-state index in [4.69, 9.17) is 0 Å². The van der Waals surface area contributed by atoms with E-state index >= 15 is 0 Å². The van der Waals surface area contributed by atoms with E-state index in [0.29, 0.717) is 5.56 Å². The van der Waals surface area contributed by atoms with E-state index in [9.17, 15) is 13.2 Å². The Balaban J connectivity index is 3.17. The van der Waals surface area contributed by atoms with Gasteiger partial charge in [-0.1, -0.05) is 40.6 Å². The lowest BCUT2D eigenvalue weighted by molar-refractivity contribution is -0.138. The summed E-state index contributed by atoms with van der Waals surface area (Å²) in [5.41, 5.74) is 1.05. The van der Waals surface area contributed by atoms with Crippen molar-refractivity contribution in [3.8, 4) is 0 Å². The van der Waals surface area contributed by atoms with Crippen LogP contribution in [0.4, 0.5) is 13.2 Å². The molecule has 5 heteroatoms. The Bertz CT molecular complexity index is 476. The number of rotatable bonds is 5. The molecule has 0 bridgehead atoms. The van der Waals surface area contributed by atoms with Crippen LogP contribution in [0.3, 0.4) is 0 Å². The maximum absolute atomic E-state index is 12.9. The molecule has 0 aliphatic rings. The molecule has 0 aliphatic carbocycles. The predicted octanol–water partition coefficient (Wildman–Crippen LogP) is 5.47. The molecular formula is C15H19BrF3N. The summed E-state index contributed by atoms with van der Waals surface area (Å²) in [6, 6.07) is 4.18. The highest BCUT2D eigenvalue weighted by atomic mass is 79.9. The monoisotopic (exact) mass is 349 g/mol. The summed E-state index contributed by atoms with van der Waals surface area (Å²) in [6.07, 6.45) is -1.48. The minimum Gasteiger partial charge on any atom is -0.307 e. The SMILES string of the molecule is CCCNC(C=C(C)C)c1ccc(Br)c(C(F)(F)F)c1. The molecule has 0 saturated heterocycles. The molecule has 112 valence electrons. The average molecular weight is 350 g/mol. The number of alkyl halides is 3. The molecule has 0 aromatic heterocycles. The lowest BCUT2D eigenvalue weighted by Crippen LogP contribution is -2.21. The summed E-state index contributed by atoms with van der Waals surface area (Å²) >= 11 is 2.96. The molecule has 0 saturated carbocycles. The zero-order valence-corrected chi connectivity index (χ0v) is 13.4. The van der Waals surface area contributed by atoms with Gasteiger partial charge in [0, 0.05) is 4.47 Å². The Hall–Kier alpha value is -0.810. The molecule has 1 nitrogen and oxygen atoms in total. The van der Waals surface area contributed by atoms with E-state index in [1.54, 1.807) is 6.07 Å². The minimum atomic E-state index is -4.35. The van der Waals surface area contributed by atoms with Crippen molar-refractivity contribution in [1.82, 2.24) is 5.32 Å². The smallest absolute Gasteiger partial charge is 0.307 e. The summed E-state index contributed by atoms with van der Waals surface area (Å²) in [7, 11) is 0. The van der Waals surface area contributed by atoms with E-state index in [0.717, 1.165) is 18.5 Å². The second kappa shape index (κ2) is 7.27. The van der Waals surface area contributed by atoms with Gasteiger partial charge in [-0.15, -0.1) is 0 Å².